The van der Waals surface area contributed by atoms with Crippen molar-refractivity contribution in [2.75, 3.05) is 19.6 Å². The highest BCUT2D eigenvalue weighted by molar-refractivity contribution is 4.89. The van der Waals surface area contributed by atoms with Crippen molar-refractivity contribution in [1.82, 2.24) is 10.2 Å². The second-order valence-electron chi connectivity index (χ2n) is 6.39. The molecule has 0 aromatic carbocycles. The third-order valence-electron chi connectivity index (χ3n) is 5.11. The van der Waals surface area contributed by atoms with Crippen LogP contribution in [0.1, 0.15) is 46.0 Å². The number of hydrogen-bond donors (Lipinski definition) is 1. The summed E-state index contributed by atoms with van der Waals surface area (Å²) in [6.45, 7) is 6.48. The fourth-order valence-corrected chi connectivity index (χ4v) is 3.49. The summed E-state index contributed by atoms with van der Waals surface area (Å²) in [5.74, 6) is 1.50. The molecule has 1 aliphatic carbocycles. The van der Waals surface area contributed by atoms with Crippen molar-refractivity contribution in [2.45, 2.75) is 64.5 Å². The minimum absolute atomic E-state index is 0.160. The molecule has 0 spiro atoms. The molecule has 19 heavy (non-hydrogen) atoms. The molecule has 4 heteroatoms. The number of rotatable bonds is 6. The van der Waals surface area contributed by atoms with E-state index in [1.165, 1.54) is 19.3 Å². The predicted octanol–water partition coefficient (Wildman–Crippen LogP) is 3.13. The monoisotopic (exact) mass is 274 g/mol. The van der Waals surface area contributed by atoms with Gasteiger partial charge in [-0.05, 0) is 38.0 Å². The van der Waals surface area contributed by atoms with Crippen LogP contribution in [-0.4, -0.2) is 43.0 Å². The minimum Gasteiger partial charge on any atom is -0.307 e. The molecule has 2 rings (SSSR count). The first-order valence-electron chi connectivity index (χ1n) is 7.85. The predicted molar refractivity (Wildman–Crippen MR) is 74.6 cm³/mol. The van der Waals surface area contributed by atoms with E-state index in [1.807, 2.05) is 0 Å². The number of alkyl halides is 2. The molecule has 1 saturated heterocycles. The fraction of sp³-hybridized carbons (Fsp3) is 1.00. The van der Waals surface area contributed by atoms with E-state index in [9.17, 15) is 8.78 Å². The average Bonchev–Trinajstić information content (AvgIpc) is 2.33. The first-order valence-corrected chi connectivity index (χ1v) is 7.85. The third kappa shape index (κ3) is 4.12. The molecule has 0 radical (unpaired) electrons. The highest BCUT2D eigenvalue weighted by Gasteiger charge is 2.34. The molecule has 112 valence electrons. The number of nitrogens with one attached hydrogen (secondary N) is 1. The van der Waals surface area contributed by atoms with Crippen LogP contribution >= 0.6 is 0 Å². The lowest BCUT2D eigenvalue weighted by Gasteiger charge is -2.45. The van der Waals surface area contributed by atoms with Gasteiger partial charge in [0, 0.05) is 25.2 Å². The van der Waals surface area contributed by atoms with Crippen LogP contribution in [0.4, 0.5) is 8.78 Å². The van der Waals surface area contributed by atoms with Gasteiger partial charge in [-0.25, -0.2) is 8.78 Å². The van der Waals surface area contributed by atoms with Crippen molar-refractivity contribution >= 4 is 0 Å². The second-order valence-corrected chi connectivity index (χ2v) is 6.39. The van der Waals surface area contributed by atoms with E-state index >= 15 is 0 Å². The van der Waals surface area contributed by atoms with Crippen molar-refractivity contribution in [2.24, 2.45) is 11.8 Å². The summed E-state index contributed by atoms with van der Waals surface area (Å²) < 4.78 is 24.7. The Kier molecular flexibility index (Phi) is 5.58. The van der Waals surface area contributed by atoms with E-state index in [0.717, 1.165) is 31.8 Å². The van der Waals surface area contributed by atoms with Crippen LogP contribution in [0.25, 0.3) is 0 Å². The van der Waals surface area contributed by atoms with Gasteiger partial charge in [-0.15, -0.1) is 0 Å². The van der Waals surface area contributed by atoms with Crippen LogP contribution in [0.2, 0.25) is 0 Å². The molecule has 2 fully saturated rings. The molecule has 1 saturated carbocycles. The molecule has 0 aromatic rings. The van der Waals surface area contributed by atoms with Gasteiger partial charge >= 0.3 is 0 Å². The van der Waals surface area contributed by atoms with E-state index in [2.05, 4.69) is 24.1 Å². The van der Waals surface area contributed by atoms with Crippen molar-refractivity contribution in [3.63, 3.8) is 0 Å². The summed E-state index contributed by atoms with van der Waals surface area (Å²) in [7, 11) is 0. The molecule has 1 N–H and O–H groups in total. The number of likely N-dealkylation sites (tertiary alicyclic amines) is 1. The molecule has 0 aromatic heterocycles. The van der Waals surface area contributed by atoms with Gasteiger partial charge in [-0.2, -0.15) is 0 Å². The van der Waals surface area contributed by atoms with E-state index in [1.54, 1.807) is 0 Å². The fourth-order valence-electron chi connectivity index (χ4n) is 3.49. The van der Waals surface area contributed by atoms with Gasteiger partial charge in [0.15, 0.2) is 0 Å². The zero-order valence-corrected chi connectivity index (χ0v) is 12.2. The van der Waals surface area contributed by atoms with Crippen LogP contribution in [0.3, 0.4) is 0 Å². The van der Waals surface area contributed by atoms with Crippen molar-refractivity contribution < 1.29 is 8.78 Å². The summed E-state index contributed by atoms with van der Waals surface area (Å²) in [6, 6.07) is 0.870. The molecular weight excluding hydrogens is 246 g/mol. The Morgan fingerprint density at radius 1 is 1.26 bits per heavy atom. The lowest BCUT2D eigenvalue weighted by atomic mass is 9.78. The van der Waals surface area contributed by atoms with Crippen LogP contribution in [-0.2, 0) is 0 Å². The van der Waals surface area contributed by atoms with Crippen LogP contribution in [0.15, 0.2) is 0 Å². The van der Waals surface area contributed by atoms with E-state index in [0.29, 0.717) is 12.0 Å². The second kappa shape index (κ2) is 6.98. The molecule has 3 atom stereocenters. The van der Waals surface area contributed by atoms with E-state index in [-0.39, 0.29) is 12.6 Å². The number of nitrogens with zero attached hydrogens (tertiary/aromatic N) is 1. The molecule has 0 bridgehead atoms. The molecule has 0 amide bonds. The van der Waals surface area contributed by atoms with Gasteiger partial charge in [-0.1, -0.05) is 19.8 Å². The highest BCUT2D eigenvalue weighted by atomic mass is 19.3. The molecule has 2 aliphatic rings. The maximum atomic E-state index is 12.3. The lowest BCUT2D eigenvalue weighted by molar-refractivity contribution is 0.0455. The van der Waals surface area contributed by atoms with Gasteiger partial charge in [-0.3, -0.25) is 4.90 Å². The SMILES string of the molecule is CCC1CC(NCC(F)F)CN(C(C)C2CCC2)C1. The van der Waals surface area contributed by atoms with Crippen LogP contribution in [0.5, 0.6) is 0 Å². The lowest BCUT2D eigenvalue weighted by Crippen LogP contribution is -2.54. The van der Waals surface area contributed by atoms with Gasteiger partial charge < -0.3 is 5.32 Å². The number of piperidine rings is 1. The topological polar surface area (TPSA) is 15.3 Å². The first kappa shape index (κ1) is 15.2. The van der Waals surface area contributed by atoms with E-state index < -0.39 is 6.43 Å². The normalized spacial score (nSPS) is 31.4. The van der Waals surface area contributed by atoms with Gasteiger partial charge in [0.25, 0.3) is 6.43 Å². The van der Waals surface area contributed by atoms with Crippen molar-refractivity contribution in [1.29, 1.82) is 0 Å². The summed E-state index contributed by atoms with van der Waals surface area (Å²) in [6.07, 6.45) is 4.04. The minimum atomic E-state index is -2.24. The molecule has 1 aliphatic heterocycles. The third-order valence-corrected chi connectivity index (χ3v) is 5.11. The van der Waals surface area contributed by atoms with Crippen LogP contribution < -0.4 is 5.32 Å². The smallest absolute Gasteiger partial charge is 0.250 e. The zero-order chi connectivity index (χ0) is 13.8. The van der Waals surface area contributed by atoms with E-state index in [4.69, 9.17) is 0 Å². The van der Waals surface area contributed by atoms with Crippen molar-refractivity contribution in [3.8, 4) is 0 Å². The first-order chi connectivity index (χ1) is 9.10. The quantitative estimate of drug-likeness (QED) is 0.800. The largest absolute Gasteiger partial charge is 0.307 e. The Labute approximate surface area is 115 Å². The molecule has 3 unspecified atom stereocenters. The number of halogens is 2. The molecule has 2 nitrogen and oxygen atoms in total. The van der Waals surface area contributed by atoms with Gasteiger partial charge in [0.05, 0.1) is 6.54 Å². The highest BCUT2D eigenvalue weighted by Crippen LogP contribution is 2.34. The summed E-state index contributed by atoms with van der Waals surface area (Å²) >= 11 is 0. The summed E-state index contributed by atoms with van der Waals surface area (Å²) in [4.78, 5) is 2.55. The zero-order valence-electron chi connectivity index (χ0n) is 12.2. The Hall–Kier alpha value is -0.220. The Balaban J connectivity index is 1.87. The molecular formula is C15H28F2N2. The summed E-state index contributed by atoms with van der Waals surface area (Å²) in [5, 5.41) is 3.05. The molecule has 1 heterocycles. The van der Waals surface area contributed by atoms with Gasteiger partial charge in [0.1, 0.15) is 0 Å². The Morgan fingerprint density at radius 2 is 2.00 bits per heavy atom. The van der Waals surface area contributed by atoms with Crippen molar-refractivity contribution in [3.05, 3.63) is 0 Å². The summed E-state index contributed by atoms with van der Waals surface area (Å²) in [5.41, 5.74) is 0. The average molecular weight is 274 g/mol. The van der Waals surface area contributed by atoms with Crippen LogP contribution in [0, 0.1) is 11.8 Å². The van der Waals surface area contributed by atoms with Gasteiger partial charge in [0.2, 0.25) is 0 Å². The maximum Gasteiger partial charge on any atom is 0.250 e. The number of hydrogen-bond acceptors (Lipinski definition) is 2. The maximum absolute atomic E-state index is 12.3. The standard InChI is InChI=1S/C15H28F2N2/c1-3-12-7-14(18-8-15(16)17)10-19(9-12)11(2)13-5-4-6-13/h11-15,18H,3-10H2,1-2H3. The Bertz CT molecular complexity index is 269. The Morgan fingerprint density at radius 3 is 2.53 bits per heavy atom.